The van der Waals surface area contributed by atoms with Crippen molar-refractivity contribution < 1.29 is 9.59 Å². The summed E-state index contributed by atoms with van der Waals surface area (Å²) in [5.41, 5.74) is 6.56. The Labute approximate surface area is 151 Å². The topological polar surface area (TPSA) is 84.2 Å². The first-order chi connectivity index (χ1) is 12.1. The molecule has 0 bridgehead atoms. The molecule has 0 unspecified atom stereocenters. The van der Waals surface area contributed by atoms with E-state index in [4.69, 9.17) is 5.73 Å². The Bertz CT molecular complexity index is 491. The van der Waals surface area contributed by atoms with Gasteiger partial charge < -0.3 is 16.4 Å². The predicted octanol–water partition coefficient (Wildman–Crippen LogP) is 2.54. The van der Waals surface area contributed by atoms with E-state index < -0.39 is 5.91 Å². The first kappa shape index (κ1) is 21.2. The van der Waals surface area contributed by atoms with Crippen LogP contribution in [0.2, 0.25) is 0 Å². The highest BCUT2D eigenvalue weighted by Gasteiger charge is 2.14. The zero-order chi connectivity index (χ0) is 18.3. The lowest BCUT2D eigenvalue weighted by Crippen LogP contribution is -2.44. The van der Waals surface area contributed by atoms with Crippen molar-refractivity contribution in [3.63, 3.8) is 0 Å². The zero-order valence-corrected chi connectivity index (χ0v) is 15.4. The van der Waals surface area contributed by atoms with Crippen molar-refractivity contribution in [2.45, 2.75) is 64.3 Å². The van der Waals surface area contributed by atoms with E-state index in [1.54, 1.807) is 0 Å². The molecule has 0 aromatic heterocycles. The van der Waals surface area contributed by atoms with Crippen LogP contribution in [0.3, 0.4) is 0 Å². The lowest BCUT2D eigenvalue weighted by Gasteiger charge is -2.18. The number of hydrogen-bond donors (Lipinski definition) is 3. The largest absolute Gasteiger partial charge is 0.370 e. The maximum absolute atomic E-state index is 12.0. The Morgan fingerprint density at radius 1 is 1.08 bits per heavy atom. The molecule has 1 aromatic carbocycles. The summed E-state index contributed by atoms with van der Waals surface area (Å²) in [5, 5.41) is 6.24. The maximum atomic E-state index is 12.0. The van der Waals surface area contributed by atoms with Crippen molar-refractivity contribution >= 4 is 11.8 Å². The molecule has 5 nitrogen and oxygen atoms in total. The minimum Gasteiger partial charge on any atom is -0.370 e. The average molecular weight is 348 g/mol. The van der Waals surface area contributed by atoms with Crippen LogP contribution in [0.5, 0.6) is 0 Å². The van der Waals surface area contributed by atoms with Gasteiger partial charge >= 0.3 is 0 Å². The highest BCUT2D eigenvalue weighted by molar-refractivity contribution is 5.78. The van der Waals surface area contributed by atoms with E-state index in [1.807, 2.05) is 18.2 Å². The molecule has 0 radical (unpaired) electrons. The van der Waals surface area contributed by atoms with Crippen molar-refractivity contribution in [3.05, 3.63) is 35.9 Å². The number of nitrogens with two attached hydrogens (primary N) is 1. The molecule has 0 saturated carbocycles. The third kappa shape index (κ3) is 11.3. The molecule has 4 N–H and O–H groups in total. The van der Waals surface area contributed by atoms with Gasteiger partial charge in [-0.2, -0.15) is 0 Å². The monoisotopic (exact) mass is 347 g/mol. The molecule has 0 aliphatic heterocycles. The molecule has 0 saturated heterocycles. The van der Waals surface area contributed by atoms with Crippen LogP contribution in [-0.2, 0) is 16.0 Å². The third-order valence-electron chi connectivity index (χ3n) is 4.14. The van der Waals surface area contributed by atoms with E-state index in [9.17, 15) is 9.59 Å². The number of nitrogens with one attached hydrogen (secondary N) is 2. The summed E-state index contributed by atoms with van der Waals surface area (Å²) in [4.78, 5) is 23.3. The van der Waals surface area contributed by atoms with Crippen LogP contribution in [-0.4, -0.2) is 30.9 Å². The van der Waals surface area contributed by atoms with Gasteiger partial charge in [0.05, 0.1) is 0 Å². The van der Waals surface area contributed by atoms with E-state index >= 15 is 0 Å². The van der Waals surface area contributed by atoms with E-state index in [0.717, 1.165) is 25.8 Å². The fourth-order valence-electron chi connectivity index (χ4n) is 2.76. The maximum Gasteiger partial charge on any atom is 0.220 e. The quantitative estimate of drug-likeness (QED) is 0.452. The second-order valence-electron chi connectivity index (χ2n) is 6.54. The summed E-state index contributed by atoms with van der Waals surface area (Å²) in [7, 11) is 0. The lowest BCUT2D eigenvalue weighted by molar-refractivity contribution is -0.122. The van der Waals surface area contributed by atoms with E-state index in [2.05, 4.69) is 29.7 Å². The van der Waals surface area contributed by atoms with Gasteiger partial charge in [0.15, 0.2) is 0 Å². The zero-order valence-electron chi connectivity index (χ0n) is 15.4. The van der Waals surface area contributed by atoms with E-state index in [-0.39, 0.29) is 18.4 Å². The van der Waals surface area contributed by atoms with Gasteiger partial charge in [-0.3, -0.25) is 9.59 Å². The van der Waals surface area contributed by atoms with Crippen molar-refractivity contribution in [2.24, 2.45) is 5.73 Å². The van der Waals surface area contributed by atoms with Gasteiger partial charge in [-0.05, 0) is 24.9 Å². The molecule has 0 aliphatic rings. The number of carbonyl (C=O) groups excluding carboxylic acids is 2. The Morgan fingerprint density at radius 3 is 2.48 bits per heavy atom. The Kier molecular flexibility index (Phi) is 11.4. The molecule has 0 spiro atoms. The summed E-state index contributed by atoms with van der Waals surface area (Å²) in [6.07, 6.45) is 7.17. The van der Waals surface area contributed by atoms with Crippen molar-refractivity contribution in [3.8, 4) is 0 Å². The van der Waals surface area contributed by atoms with Crippen LogP contribution in [0.4, 0.5) is 0 Å². The van der Waals surface area contributed by atoms with Gasteiger partial charge in [0.25, 0.3) is 0 Å². The summed E-state index contributed by atoms with van der Waals surface area (Å²) in [6, 6.07) is 9.97. The Morgan fingerprint density at radius 2 is 1.80 bits per heavy atom. The number of unbranched alkanes of at least 4 members (excludes halogenated alkanes) is 4. The fraction of sp³-hybridized carbons (Fsp3) is 0.600. The molecule has 140 valence electrons. The first-order valence-electron chi connectivity index (χ1n) is 9.44. The number of hydrogen-bond acceptors (Lipinski definition) is 3. The highest BCUT2D eigenvalue weighted by Crippen LogP contribution is 2.05. The van der Waals surface area contributed by atoms with Crippen LogP contribution in [0.1, 0.15) is 57.4 Å². The minimum atomic E-state index is -0.391. The van der Waals surface area contributed by atoms with Crippen molar-refractivity contribution in [1.82, 2.24) is 10.6 Å². The summed E-state index contributed by atoms with van der Waals surface area (Å²) in [6.45, 7) is 3.52. The predicted molar refractivity (Wildman–Crippen MR) is 102 cm³/mol. The molecular weight excluding hydrogens is 314 g/mol. The Hall–Kier alpha value is -1.88. The van der Waals surface area contributed by atoms with Crippen LogP contribution < -0.4 is 16.4 Å². The molecule has 1 atom stereocenters. The van der Waals surface area contributed by atoms with Gasteiger partial charge in [0.2, 0.25) is 11.8 Å². The standard InChI is InChI=1S/C20H33N3O2/c1-2-3-4-5-9-12-20(25)23-18(15-19(21)24)16-22-14-13-17-10-7-6-8-11-17/h6-8,10-11,18,22H,2-5,9,12-16H2,1H3,(H2,21,24)(H,23,25)/t18-/m1/s1. The fourth-order valence-corrected chi connectivity index (χ4v) is 2.76. The second kappa shape index (κ2) is 13.4. The van der Waals surface area contributed by atoms with Gasteiger partial charge in [-0.15, -0.1) is 0 Å². The normalized spacial score (nSPS) is 11.9. The lowest BCUT2D eigenvalue weighted by atomic mass is 10.1. The summed E-state index contributed by atoms with van der Waals surface area (Å²) < 4.78 is 0. The SMILES string of the molecule is CCCCCCCC(=O)N[C@@H](CNCCc1ccccc1)CC(N)=O. The van der Waals surface area contributed by atoms with Crippen LogP contribution in [0.25, 0.3) is 0 Å². The van der Waals surface area contributed by atoms with Crippen molar-refractivity contribution in [2.75, 3.05) is 13.1 Å². The average Bonchev–Trinajstić information content (AvgIpc) is 2.59. The second-order valence-corrected chi connectivity index (χ2v) is 6.54. The van der Waals surface area contributed by atoms with Crippen LogP contribution in [0, 0.1) is 0 Å². The summed E-state index contributed by atoms with van der Waals surface area (Å²) >= 11 is 0. The number of amides is 2. The molecule has 1 rings (SSSR count). The number of rotatable bonds is 14. The number of carbonyl (C=O) groups is 2. The summed E-state index contributed by atoms with van der Waals surface area (Å²) in [5.74, 6) is -0.384. The van der Waals surface area contributed by atoms with E-state index in [1.165, 1.54) is 24.8 Å². The first-order valence-corrected chi connectivity index (χ1v) is 9.44. The van der Waals surface area contributed by atoms with Gasteiger partial charge in [0.1, 0.15) is 0 Å². The molecule has 0 fully saturated rings. The van der Waals surface area contributed by atoms with Gasteiger partial charge in [0, 0.05) is 25.4 Å². The number of benzene rings is 1. The van der Waals surface area contributed by atoms with Gasteiger partial charge in [-0.25, -0.2) is 0 Å². The molecule has 5 heteroatoms. The minimum absolute atomic E-state index is 0.00704. The number of primary amides is 1. The van der Waals surface area contributed by atoms with E-state index in [0.29, 0.717) is 13.0 Å². The van der Waals surface area contributed by atoms with Gasteiger partial charge in [-0.1, -0.05) is 62.9 Å². The van der Waals surface area contributed by atoms with Crippen molar-refractivity contribution in [1.29, 1.82) is 0 Å². The smallest absolute Gasteiger partial charge is 0.220 e. The Balaban J connectivity index is 2.25. The molecule has 1 aromatic rings. The third-order valence-corrected chi connectivity index (χ3v) is 4.14. The molecule has 0 heterocycles. The molecule has 25 heavy (non-hydrogen) atoms. The van der Waals surface area contributed by atoms with Crippen LogP contribution in [0.15, 0.2) is 30.3 Å². The molecule has 0 aliphatic carbocycles. The molecule has 2 amide bonds. The molecular formula is C20H33N3O2. The highest BCUT2D eigenvalue weighted by atomic mass is 16.2. The van der Waals surface area contributed by atoms with Crippen LogP contribution >= 0.6 is 0 Å².